The van der Waals surface area contributed by atoms with Gasteiger partial charge in [0.1, 0.15) is 0 Å². The van der Waals surface area contributed by atoms with Crippen LogP contribution in [0.15, 0.2) is 30.3 Å². The third-order valence-corrected chi connectivity index (χ3v) is 6.06. The fraction of sp³-hybridized carbons (Fsp3) is 0.684. The van der Waals surface area contributed by atoms with Gasteiger partial charge in [0, 0.05) is 11.5 Å². The first kappa shape index (κ1) is 15.1. The smallest absolute Gasteiger partial charge is 0.0335 e. The summed E-state index contributed by atoms with van der Waals surface area (Å²) in [5.41, 5.74) is 5.02. The summed E-state index contributed by atoms with van der Waals surface area (Å²) in [6.07, 6.45) is 7.94. The van der Waals surface area contributed by atoms with E-state index < -0.39 is 0 Å². The van der Waals surface area contributed by atoms with Crippen LogP contribution in [0.25, 0.3) is 0 Å². The van der Waals surface area contributed by atoms with E-state index in [9.17, 15) is 0 Å². The Morgan fingerprint density at radius 3 is 2.14 bits per heavy atom. The summed E-state index contributed by atoms with van der Waals surface area (Å²) in [7, 11) is 0. The molecule has 2 aliphatic carbocycles. The zero-order chi connectivity index (χ0) is 14.9. The molecule has 2 aliphatic rings. The fourth-order valence-electron chi connectivity index (χ4n) is 5.14. The van der Waals surface area contributed by atoms with Gasteiger partial charge in [-0.15, -0.1) is 0 Å². The van der Waals surface area contributed by atoms with Crippen LogP contribution >= 0.6 is 0 Å². The van der Waals surface area contributed by atoms with Gasteiger partial charge in [-0.1, -0.05) is 50.6 Å². The second kappa shape index (κ2) is 6.10. The van der Waals surface area contributed by atoms with E-state index in [0.717, 1.165) is 11.8 Å². The third-order valence-electron chi connectivity index (χ3n) is 6.06. The summed E-state index contributed by atoms with van der Waals surface area (Å²) < 4.78 is 0. The molecule has 0 aliphatic heterocycles. The van der Waals surface area contributed by atoms with Crippen molar-refractivity contribution in [2.45, 2.75) is 63.8 Å². The first-order chi connectivity index (χ1) is 10.2. The summed E-state index contributed by atoms with van der Waals surface area (Å²) >= 11 is 0. The van der Waals surface area contributed by atoms with Gasteiger partial charge in [0.2, 0.25) is 0 Å². The van der Waals surface area contributed by atoms with Crippen LogP contribution in [0.5, 0.6) is 0 Å². The molecule has 2 fully saturated rings. The Bertz CT molecular complexity index is 442. The molecule has 1 aromatic rings. The average molecular weight is 286 g/mol. The maximum atomic E-state index is 6.08. The summed E-state index contributed by atoms with van der Waals surface area (Å²) in [6, 6.07) is 11.5. The molecule has 0 heterocycles. The minimum atomic E-state index is 0.275. The van der Waals surface area contributed by atoms with Gasteiger partial charge in [0.15, 0.2) is 0 Å². The number of nitrogens with two attached hydrogens (primary N) is 1. The molecule has 0 aromatic heterocycles. The van der Waals surface area contributed by atoms with Crippen LogP contribution in [0.4, 0.5) is 0 Å². The molecule has 2 heteroatoms. The Hall–Kier alpha value is -0.860. The lowest BCUT2D eigenvalue weighted by atomic mass is 9.55. The quantitative estimate of drug-likeness (QED) is 0.648. The van der Waals surface area contributed by atoms with Gasteiger partial charge < -0.3 is 0 Å². The minimum Gasteiger partial charge on any atom is -0.271 e. The van der Waals surface area contributed by atoms with Crippen LogP contribution in [0.3, 0.4) is 0 Å². The van der Waals surface area contributed by atoms with Crippen LogP contribution in [0.1, 0.15) is 57.9 Å². The fourth-order valence-corrected chi connectivity index (χ4v) is 5.14. The van der Waals surface area contributed by atoms with E-state index in [-0.39, 0.29) is 5.41 Å². The van der Waals surface area contributed by atoms with Crippen molar-refractivity contribution in [3.05, 3.63) is 35.9 Å². The molecule has 116 valence electrons. The molecule has 0 saturated heterocycles. The Balaban J connectivity index is 1.87. The first-order valence-electron chi connectivity index (χ1n) is 8.67. The lowest BCUT2D eigenvalue weighted by molar-refractivity contribution is 0.0786. The maximum absolute atomic E-state index is 6.08. The summed E-state index contributed by atoms with van der Waals surface area (Å²) in [4.78, 5) is 0. The molecule has 2 nitrogen and oxygen atoms in total. The van der Waals surface area contributed by atoms with E-state index in [0.29, 0.717) is 12.0 Å². The molecule has 3 unspecified atom stereocenters. The molecule has 0 spiro atoms. The van der Waals surface area contributed by atoms with E-state index in [1.165, 1.54) is 44.1 Å². The summed E-state index contributed by atoms with van der Waals surface area (Å²) in [6.45, 7) is 4.82. The summed E-state index contributed by atoms with van der Waals surface area (Å²) in [5, 5.41) is 0. The third kappa shape index (κ3) is 2.76. The van der Waals surface area contributed by atoms with Crippen LogP contribution in [0, 0.1) is 17.8 Å². The van der Waals surface area contributed by atoms with Gasteiger partial charge in [0.25, 0.3) is 0 Å². The number of hydrogen-bond donors (Lipinski definition) is 2. The van der Waals surface area contributed by atoms with Crippen LogP contribution in [-0.2, 0) is 5.41 Å². The molecule has 0 amide bonds. The van der Waals surface area contributed by atoms with Crippen LogP contribution < -0.4 is 11.3 Å². The predicted octanol–water partition coefficient (Wildman–Crippen LogP) is 4.01. The molecule has 3 rings (SSSR count). The molecule has 0 radical (unpaired) electrons. The highest BCUT2D eigenvalue weighted by molar-refractivity contribution is 5.31. The molecule has 21 heavy (non-hydrogen) atoms. The summed E-state index contributed by atoms with van der Waals surface area (Å²) in [5.74, 6) is 8.47. The number of nitrogens with one attached hydrogen (secondary N) is 1. The highest BCUT2D eigenvalue weighted by Gasteiger charge is 2.48. The molecule has 0 bridgehead atoms. The van der Waals surface area contributed by atoms with Gasteiger partial charge in [-0.3, -0.25) is 11.3 Å². The van der Waals surface area contributed by atoms with Crippen molar-refractivity contribution in [3.8, 4) is 0 Å². The molecular weight excluding hydrogens is 256 g/mol. The van der Waals surface area contributed by atoms with E-state index in [1.807, 2.05) is 0 Å². The number of rotatable bonds is 4. The van der Waals surface area contributed by atoms with E-state index in [2.05, 4.69) is 49.6 Å². The van der Waals surface area contributed by atoms with Crippen molar-refractivity contribution in [1.29, 1.82) is 0 Å². The lowest BCUT2D eigenvalue weighted by Gasteiger charge is -2.52. The van der Waals surface area contributed by atoms with E-state index in [1.54, 1.807) is 0 Å². The van der Waals surface area contributed by atoms with Crippen molar-refractivity contribution in [2.24, 2.45) is 23.6 Å². The van der Waals surface area contributed by atoms with E-state index >= 15 is 0 Å². The van der Waals surface area contributed by atoms with Crippen molar-refractivity contribution in [2.75, 3.05) is 0 Å². The second-order valence-corrected chi connectivity index (χ2v) is 7.70. The SMILES string of the molecule is CC1CC(C)CC(C(NN)C2(c3ccccc3)CCC2)C1. The zero-order valence-electron chi connectivity index (χ0n) is 13.5. The molecule has 2 saturated carbocycles. The number of hydrogen-bond acceptors (Lipinski definition) is 2. The second-order valence-electron chi connectivity index (χ2n) is 7.70. The zero-order valence-corrected chi connectivity index (χ0v) is 13.5. The highest BCUT2D eigenvalue weighted by Crippen LogP contribution is 2.51. The Morgan fingerprint density at radius 1 is 1.05 bits per heavy atom. The Morgan fingerprint density at radius 2 is 1.67 bits per heavy atom. The molecular formula is C19H30N2. The van der Waals surface area contributed by atoms with Gasteiger partial charge in [-0.05, 0) is 55.4 Å². The van der Waals surface area contributed by atoms with Crippen molar-refractivity contribution in [1.82, 2.24) is 5.43 Å². The largest absolute Gasteiger partial charge is 0.271 e. The number of benzene rings is 1. The van der Waals surface area contributed by atoms with Gasteiger partial charge in [-0.25, -0.2) is 0 Å². The monoisotopic (exact) mass is 286 g/mol. The van der Waals surface area contributed by atoms with Gasteiger partial charge in [-0.2, -0.15) is 0 Å². The maximum Gasteiger partial charge on any atom is 0.0335 e. The topological polar surface area (TPSA) is 38.0 Å². The predicted molar refractivity (Wildman–Crippen MR) is 88.8 cm³/mol. The van der Waals surface area contributed by atoms with Crippen molar-refractivity contribution >= 4 is 0 Å². The molecule has 3 atom stereocenters. The Labute approximate surface area is 129 Å². The van der Waals surface area contributed by atoms with E-state index in [4.69, 9.17) is 5.84 Å². The van der Waals surface area contributed by atoms with Crippen molar-refractivity contribution < 1.29 is 0 Å². The van der Waals surface area contributed by atoms with Crippen molar-refractivity contribution in [3.63, 3.8) is 0 Å². The highest BCUT2D eigenvalue weighted by atomic mass is 15.2. The number of hydrazine groups is 1. The van der Waals surface area contributed by atoms with Crippen LogP contribution in [-0.4, -0.2) is 6.04 Å². The lowest BCUT2D eigenvalue weighted by Crippen LogP contribution is -2.59. The first-order valence-corrected chi connectivity index (χ1v) is 8.67. The van der Waals surface area contributed by atoms with Crippen LogP contribution in [0.2, 0.25) is 0 Å². The molecule has 3 N–H and O–H groups in total. The normalized spacial score (nSPS) is 33.2. The molecule has 1 aromatic carbocycles. The van der Waals surface area contributed by atoms with Gasteiger partial charge >= 0.3 is 0 Å². The standard InChI is InChI=1S/C19H30N2/c1-14-11-15(2)13-16(12-14)18(21-20)19(9-6-10-19)17-7-4-3-5-8-17/h3-5,7-8,14-16,18,21H,6,9-13,20H2,1-2H3. The van der Waals surface area contributed by atoms with Gasteiger partial charge in [0.05, 0.1) is 0 Å². The minimum absolute atomic E-state index is 0.275. The average Bonchev–Trinajstić information content (AvgIpc) is 2.42. The Kier molecular flexibility index (Phi) is 4.37.